The number of nitrogens with zero attached hydrogens (tertiary/aromatic N) is 6. The Hall–Kier alpha value is -8.21. The van der Waals surface area contributed by atoms with Crippen LogP contribution in [0.2, 0.25) is 0 Å². The smallest absolute Gasteiger partial charge is 1.00 e. The average Bonchev–Trinajstić information content (AvgIpc) is 1.64. The molecule has 2 unspecified atom stereocenters. The number of rotatable bonds is 20. The summed E-state index contributed by atoms with van der Waals surface area (Å²) in [5, 5.41) is 30.1. The number of aryl methyl sites for hydroxylation is 1. The number of ether oxygens (including phenoxy) is 3. The van der Waals surface area contributed by atoms with Crippen LogP contribution in [0, 0.1) is 35.8 Å². The molecule has 28 nitrogen and oxygen atoms in total. The van der Waals surface area contributed by atoms with Crippen molar-refractivity contribution in [2.75, 3.05) is 53.0 Å². The van der Waals surface area contributed by atoms with Gasteiger partial charge in [-0.25, -0.2) is 28.0 Å². The summed E-state index contributed by atoms with van der Waals surface area (Å²) in [7, 11) is -1.27. The molecule has 3 aliphatic carbocycles. The number of piperazine rings is 2. The summed E-state index contributed by atoms with van der Waals surface area (Å²) in [6.07, 6.45) is 5.50. The van der Waals surface area contributed by atoms with Gasteiger partial charge in [0.2, 0.25) is 11.8 Å². The van der Waals surface area contributed by atoms with E-state index >= 15 is 4.39 Å². The number of aromatic nitrogens is 2. The molecular formula is C67H86B2BrF2LiN10O18. The molecule has 3 saturated carbocycles. The molecule has 4 aromatic rings. The predicted octanol–water partition coefficient (Wildman–Crippen LogP) is -0.748. The van der Waals surface area contributed by atoms with Gasteiger partial charge < -0.3 is 86.4 Å². The molecule has 6 N–H and O–H groups in total. The zero-order valence-electron chi connectivity index (χ0n) is 57.9. The standard InChI is InChI=1S/C42H57BFN5O10.C24H25BFN5O8.CH4.BrH.Li/c1-10-12-18-56-26-21-29(44)31(45-23-26)32(47-39(54)49-17-16-48(11-2)36(51)37(49)52)35(50)46-30(43-58-34-28-20-25(41(28,6)7)22-42(34,8)59-43)19-24-14-13-15-27(33(24)55-9)38(53)57-40(3,4)5;1-3-30-7-8-31(22(34)21(30)33)24(37)29-18(17-15(26)9-12(2)11-27-17)20(32)28-16-10-13-5-4-6-14(23(35)36)19(13)39-25(16)38;;;/h13-15,21,23,25,28,30,32,34H,10-12,16-20,22H2,1-9H3,(H,46,50)(H,47,54);4-6,9,11,16,18,38H,3,7-8,10H2,1-2H3,(H,28,32)(H,29,37)(H,35,36);1H4;1H;/q;;;;+1/p-1/t25-,28+,30+,32?,34-,42+;16-,18?;;;/m10.../s1. The van der Waals surface area contributed by atoms with Gasteiger partial charge in [0.25, 0.3) is 0 Å². The van der Waals surface area contributed by atoms with Gasteiger partial charge in [0, 0.05) is 51.5 Å². The first-order valence-electron chi connectivity index (χ1n) is 32.6. The molecule has 540 valence electrons. The zero-order chi connectivity index (χ0) is 71.5. The van der Waals surface area contributed by atoms with Crippen molar-refractivity contribution in [2.24, 2.45) is 17.3 Å². The molecule has 2 bridgehead atoms. The number of pyridine rings is 2. The number of hydrogen-bond acceptors (Lipinski definition) is 19. The van der Waals surface area contributed by atoms with E-state index in [1.165, 1.54) is 41.4 Å². The van der Waals surface area contributed by atoms with Gasteiger partial charge in [0.15, 0.2) is 17.9 Å². The van der Waals surface area contributed by atoms with E-state index in [0.29, 0.717) is 39.0 Å². The van der Waals surface area contributed by atoms with Crippen molar-refractivity contribution in [2.45, 2.75) is 156 Å². The maximum Gasteiger partial charge on any atom is 1.00 e. The SMILES string of the molecule is C.CCCCOc1cnc(C(NC(=O)N2CCN(CC)C(=O)C2=O)C(=O)N[C@@H](Cc2cccc(C(=O)OC(C)(C)C)c2OC)B2O[C@@H]3[C@@H]4C[C@H](C[C@]3(C)O2)C4(C)C)c(F)c1.CCN1CCN(C(=O)NC(C(=O)N[C@H]2Cc3cccc(C(=O)O)c3OB2O)c2ncc(C)cc2F)C(=O)C1=O.[Br-].[Li+]. The number of nitrogens with one attached hydrogen (secondary N) is 4. The number of aromatic carboxylic acids is 1. The molecule has 10 amide bonds. The van der Waals surface area contributed by atoms with Gasteiger partial charge in [-0.15, -0.1) is 0 Å². The van der Waals surface area contributed by atoms with Crippen molar-refractivity contribution in [3.63, 3.8) is 0 Å². The van der Waals surface area contributed by atoms with Crippen LogP contribution in [-0.4, -0.2) is 196 Å². The molecule has 4 aliphatic heterocycles. The van der Waals surface area contributed by atoms with Crippen LogP contribution in [0.15, 0.2) is 60.9 Å². The Morgan fingerprint density at radius 1 is 0.802 bits per heavy atom. The summed E-state index contributed by atoms with van der Waals surface area (Å²) in [5.41, 5.74) is -0.999. The van der Waals surface area contributed by atoms with E-state index in [1.807, 2.05) is 13.8 Å². The van der Waals surface area contributed by atoms with Gasteiger partial charge in [-0.1, -0.05) is 58.9 Å². The number of benzene rings is 2. The number of unbranched alkanes of at least 4 members (excludes halogenated alkanes) is 1. The number of imide groups is 2. The second-order valence-corrected chi connectivity index (χ2v) is 26.7. The Labute approximate surface area is 607 Å². The fourth-order valence-corrected chi connectivity index (χ4v) is 13.2. The van der Waals surface area contributed by atoms with Gasteiger partial charge in [-0.2, -0.15) is 0 Å². The van der Waals surface area contributed by atoms with E-state index in [-0.39, 0.29) is 141 Å². The van der Waals surface area contributed by atoms with Crippen LogP contribution in [0.5, 0.6) is 17.2 Å². The number of carboxylic acids is 1. The van der Waals surface area contributed by atoms with Crippen LogP contribution < -0.4 is 71.2 Å². The van der Waals surface area contributed by atoms with Gasteiger partial charge in [0.1, 0.15) is 45.6 Å². The van der Waals surface area contributed by atoms with E-state index < -0.39 is 132 Å². The third-order valence-electron chi connectivity index (χ3n) is 18.6. The van der Waals surface area contributed by atoms with Crippen molar-refractivity contribution in [3.8, 4) is 17.2 Å². The van der Waals surface area contributed by atoms with Crippen molar-refractivity contribution in [1.29, 1.82) is 0 Å². The minimum atomic E-state index is -1.80. The number of carbonyl (C=O) groups excluding carboxylic acids is 9. The monoisotopic (exact) mass is 1460 g/mol. The van der Waals surface area contributed by atoms with Gasteiger partial charge in [-0.05, 0) is 133 Å². The third-order valence-corrected chi connectivity index (χ3v) is 18.6. The first-order chi connectivity index (χ1) is 46.3. The van der Waals surface area contributed by atoms with Crippen LogP contribution >= 0.6 is 0 Å². The maximum atomic E-state index is 16.1. The fraction of sp³-hybridized carbons (Fsp3) is 0.522. The molecule has 2 aromatic carbocycles. The molecule has 6 fully saturated rings. The molecule has 8 atom stereocenters. The summed E-state index contributed by atoms with van der Waals surface area (Å²) in [4.78, 5) is 142. The number of carboxylic acid groups (broad SMARTS) is 1. The molecule has 11 rings (SSSR count). The molecule has 7 aliphatic rings. The molecular weight excluding hydrogens is 1380 g/mol. The quantitative estimate of drug-likeness (QED) is 0.0274. The Kier molecular flexibility index (Phi) is 27.3. The van der Waals surface area contributed by atoms with Crippen LogP contribution in [0.25, 0.3) is 0 Å². The topological polar surface area (TPSA) is 353 Å². The van der Waals surface area contributed by atoms with Gasteiger partial charge >= 0.3 is 80.7 Å². The van der Waals surface area contributed by atoms with Crippen LogP contribution in [-0.2, 0) is 55.7 Å². The zero-order valence-corrected chi connectivity index (χ0v) is 59.5. The summed E-state index contributed by atoms with van der Waals surface area (Å²) in [5.74, 6) is -10.8. The molecule has 0 radical (unpaired) electrons. The molecule has 3 saturated heterocycles. The Bertz CT molecular complexity index is 3810. The normalized spacial score (nSPS) is 21.1. The molecule has 2 aromatic heterocycles. The Morgan fingerprint density at radius 2 is 1.38 bits per heavy atom. The molecule has 101 heavy (non-hydrogen) atoms. The molecule has 34 heteroatoms. The number of esters is 1. The maximum absolute atomic E-state index is 16.1. The molecule has 0 spiro atoms. The Balaban J connectivity index is 0.000000333. The fourth-order valence-electron chi connectivity index (χ4n) is 13.2. The van der Waals surface area contributed by atoms with E-state index in [2.05, 4.69) is 45.1 Å². The van der Waals surface area contributed by atoms with Crippen molar-refractivity contribution >= 4 is 73.7 Å². The minimum Gasteiger partial charge on any atom is -1.00 e. The van der Waals surface area contributed by atoms with Crippen molar-refractivity contribution < 1.29 is 131 Å². The number of hydrogen-bond donors (Lipinski definition) is 6. The number of likely N-dealkylation sites (N-methyl/N-ethyl adjacent to an activating group) is 2. The number of fused-ring (bicyclic) bond motifs is 1. The van der Waals surface area contributed by atoms with Gasteiger partial charge in [0.05, 0.1) is 49.1 Å². The second kappa shape index (κ2) is 33.7. The summed E-state index contributed by atoms with van der Waals surface area (Å²) in [6.45, 7) is 19.4. The first-order valence-corrected chi connectivity index (χ1v) is 32.6. The number of urea groups is 2. The Morgan fingerprint density at radius 3 is 1.92 bits per heavy atom. The van der Waals surface area contributed by atoms with E-state index in [9.17, 15) is 62.5 Å². The molecule has 6 heterocycles. The van der Waals surface area contributed by atoms with Crippen molar-refractivity contribution in [3.05, 3.63) is 112 Å². The number of amides is 10. The second-order valence-electron chi connectivity index (χ2n) is 26.7. The number of para-hydroxylation sites is 2. The predicted molar refractivity (Wildman–Crippen MR) is 352 cm³/mol. The van der Waals surface area contributed by atoms with Crippen molar-refractivity contribution in [1.82, 2.24) is 50.8 Å². The first kappa shape index (κ1) is 81.8. The van der Waals surface area contributed by atoms with E-state index in [4.69, 9.17) is 28.2 Å². The number of carbonyl (C=O) groups is 10. The van der Waals surface area contributed by atoms with E-state index in [0.717, 1.165) is 37.8 Å². The average molecular weight is 1470 g/mol. The largest absolute Gasteiger partial charge is 1.00 e. The number of methoxy groups -OCH3 is 1. The summed E-state index contributed by atoms with van der Waals surface area (Å²) >= 11 is 0. The van der Waals surface area contributed by atoms with Gasteiger partial charge in [-0.3, -0.25) is 48.5 Å². The van der Waals surface area contributed by atoms with E-state index in [1.54, 1.807) is 65.8 Å². The van der Waals surface area contributed by atoms with Crippen LogP contribution in [0.1, 0.15) is 156 Å². The van der Waals surface area contributed by atoms with Crippen LogP contribution in [0.4, 0.5) is 18.4 Å². The summed E-state index contributed by atoms with van der Waals surface area (Å²) in [6, 6.07) is 5.77. The minimum absolute atomic E-state index is 0. The van der Waals surface area contributed by atoms with Crippen LogP contribution in [0.3, 0.4) is 0 Å². The third kappa shape index (κ3) is 17.8. The summed E-state index contributed by atoms with van der Waals surface area (Å²) < 4.78 is 66.9. The number of halogens is 3.